The van der Waals surface area contributed by atoms with Gasteiger partial charge in [-0.05, 0) is 75.2 Å². The molecule has 22 heavy (non-hydrogen) atoms. The van der Waals surface area contributed by atoms with E-state index < -0.39 is 0 Å². The lowest BCUT2D eigenvalue weighted by atomic mass is 9.73. The van der Waals surface area contributed by atoms with Crippen molar-refractivity contribution in [1.82, 2.24) is 10.2 Å². The van der Waals surface area contributed by atoms with Crippen molar-refractivity contribution in [2.45, 2.75) is 51.5 Å². The van der Waals surface area contributed by atoms with Gasteiger partial charge in [0.1, 0.15) is 5.82 Å². The molecule has 2 nitrogen and oxygen atoms in total. The van der Waals surface area contributed by atoms with Gasteiger partial charge in [0.2, 0.25) is 0 Å². The van der Waals surface area contributed by atoms with Gasteiger partial charge in [-0.3, -0.25) is 0 Å². The number of piperidine rings is 1. The Balaban J connectivity index is 1.67. The Morgan fingerprint density at radius 1 is 1.23 bits per heavy atom. The summed E-state index contributed by atoms with van der Waals surface area (Å²) in [6, 6.07) is 8.05. The van der Waals surface area contributed by atoms with Crippen LogP contribution in [0.4, 0.5) is 4.39 Å². The second-order valence-corrected chi connectivity index (χ2v) is 7.27. The quantitative estimate of drug-likeness (QED) is 0.828. The Labute approximate surface area is 134 Å². The summed E-state index contributed by atoms with van der Waals surface area (Å²) in [5, 5.41) is 3.71. The first-order chi connectivity index (χ1) is 10.7. The lowest BCUT2D eigenvalue weighted by Gasteiger charge is -2.42. The number of halogens is 1. The third kappa shape index (κ3) is 4.08. The molecule has 1 saturated carbocycles. The van der Waals surface area contributed by atoms with Crippen LogP contribution in [-0.2, 0) is 6.42 Å². The smallest absolute Gasteiger partial charge is 0.126 e. The minimum atomic E-state index is -0.0377. The van der Waals surface area contributed by atoms with Crippen molar-refractivity contribution in [3.05, 3.63) is 35.6 Å². The SMILES string of the molecule is CCCN1CCC(CNC2CC2)(Cc2ccccc2F)CC1. The fourth-order valence-corrected chi connectivity index (χ4v) is 3.68. The fourth-order valence-electron chi connectivity index (χ4n) is 3.68. The zero-order chi connectivity index (χ0) is 15.4. The highest BCUT2D eigenvalue weighted by atomic mass is 19.1. The largest absolute Gasteiger partial charge is 0.313 e. The summed E-state index contributed by atoms with van der Waals surface area (Å²) in [6.07, 6.45) is 7.09. The van der Waals surface area contributed by atoms with Gasteiger partial charge in [0.05, 0.1) is 0 Å². The van der Waals surface area contributed by atoms with Crippen LogP contribution in [0.25, 0.3) is 0 Å². The van der Waals surface area contributed by atoms with E-state index in [-0.39, 0.29) is 11.2 Å². The molecule has 1 aromatic carbocycles. The van der Waals surface area contributed by atoms with Crippen molar-refractivity contribution in [1.29, 1.82) is 0 Å². The van der Waals surface area contributed by atoms with E-state index in [1.165, 1.54) is 38.6 Å². The van der Waals surface area contributed by atoms with Crippen LogP contribution in [0.3, 0.4) is 0 Å². The molecule has 0 radical (unpaired) electrons. The van der Waals surface area contributed by atoms with E-state index >= 15 is 0 Å². The molecule has 1 aliphatic carbocycles. The Hall–Kier alpha value is -0.930. The molecule has 1 saturated heterocycles. The van der Waals surface area contributed by atoms with Crippen LogP contribution in [0.1, 0.15) is 44.6 Å². The number of nitrogens with zero attached hydrogens (tertiary/aromatic N) is 1. The van der Waals surface area contributed by atoms with Crippen LogP contribution in [0.5, 0.6) is 0 Å². The summed E-state index contributed by atoms with van der Waals surface area (Å²) in [5.41, 5.74) is 1.12. The van der Waals surface area contributed by atoms with Crippen molar-refractivity contribution >= 4 is 0 Å². The second kappa shape index (κ2) is 7.10. The number of hydrogen-bond acceptors (Lipinski definition) is 2. The average Bonchev–Trinajstić information content (AvgIpc) is 3.35. The Bertz CT molecular complexity index is 476. The second-order valence-electron chi connectivity index (χ2n) is 7.27. The number of likely N-dealkylation sites (tertiary alicyclic amines) is 1. The highest BCUT2D eigenvalue weighted by molar-refractivity contribution is 5.19. The van der Waals surface area contributed by atoms with Crippen molar-refractivity contribution < 1.29 is 4.39 Å². The van der Waals surface area contributed by atoms with Crippen LogP contribution in [-0.4, -0.2) is 37.1 Å². The van der Waals surface area contributed by atoms with Crippen molar-refractivity contribution in [2.24, 2.45) is 5.41 Å². The number of rotatable bonds is 7. The van der Waals surface area contributed by atoms with Gasteiger partial charge in [0.25, 0.3) is 0 Å². The molecular weight excluding hydrogens is 275 g/mol. The fraction of sp³-hybridized carbons (Fsp3) is 0.684. The van der Waals surface area contributed by atoms with Crippen molar-refractivity contribution in [3.8, 4) is 0 Å². The van der Waals surface area contributed by atoms with E-state index in [0.29, 0.717) is 0 Å². The molecule has 0 atom stereocenters. The summed E-state index contributed by atoms with van der Waals surface area (Å²) >= 11 is 0. The molecule has 122 valence electrons. The van der Waals surface area contributed by atoms with Gasteiger partial charge in [0.15, 0.2) is 0 Å². The molecule has 1 aromatic rings. The van der Waals surface area contributed by atoms with E-state index in [0.717, 1.165) is 37.7 Å². The summed E-state index contributed by atoms with van der Waals surface area (Å²) in [7, 11) is 0. The van der Waals surface area contributed by atoms with Crippen molar-refractivity contribution in [3.63, 3.8) is 0 Å². The number of hydrogen-bond donors (Lipinski definition) is 1. The minimum absolute atomic E-state index is 0.0377. The van der Waals surface area contributed by atoms with E-state index in [1.807, 2.05) is 12.1 Å². The van der Waals surface area contributed by atoms with Crippen LogP contribution >= 0.6 is 0 Å². The summed E-state index contributed by atoms with van der Waals surface area (Å²) in [6.45, 7) is 6.82. The Morgan fingerprint density at radius 2 is 1.95 bits per heavy atom. The molecule has 0 amide bonds. The molecule has 1 N–H and O–H groups in total. The topological polar surface area (TPSA) is 15.3 Å². The number of nitrogens with one attached hydrogen (secondary N) is 1. The molecule has 3 rings (SSSR count). The van der Waals surface area contributed by atoms with Gasteiger partial charge in [-0.25, -0.2) is 4.39 Å². The highest BCUT2D eigenvalue weighted by Crippen LogP contribution is 2.36. The molecule has 3 heteroatoms. The first kappa shape index (κ1) is 15.9. The van der Waals surface area contributed by atoms with E-state index in [9.17, 15) is 4.39 Å². The minimum Gasteiger partial charge on any atom is -0.313 e. The summed E-state index contributed by atoms with van der Waals surface area (Å²) in [4.78, 5) is 2.57. The van der Waals surface area contributed by atoms with Crippen LogP contribution in [0.2, 0.25) is 0 Å². The predicted molar refractivity (Wildman–Crippen MR) is 89.5 cm³/mol. The van der Waals surface area contributed by atoms with Crippen LogP contribution in [0, 0.1) is 11.2 Å². The third-order valence-electron chi connectivity index (χ3n) is 5.32. The molecule has 0 bridgehead atoms. The van der Waals surface area contributed by atoms with Gasteiger partial charge in [0, 0.05) is 12.6 Å². The molecule has 2 fully saturated rings. The monoisotopic (exact) mass is 304 g/mol. The van der Waals surface area contributed by atoms with E-state index in [1.54, 1.807) is 12.1 Å². The molecule has 0 aromatic heterocycles. The Kier molecular flexibility index (Phi) is 5.14. The number of benzene rings is 1. The van der Waals surface area contributed by atoms with Gasteiger partial charge < -0.3 is 10.2 Å². The molecule has 0 unspecified atom stereocenters. The molecule has 2 aliphatic rings. The lowest BCUT2D eigenvalue weighted by Crippen LogP contribution is -2.47. The normalized spacial score (nSPS) is 21.9. The average molecular weight is 304 g/mol. The first-order valence-corrected chi connectivity index (χ1v) is 8.90. The standard InChI is InChI=1S/C19H29FN2/c1-2-11-22-12-9-19(10-13-22,15-21-17-7-8-17)14-16-5-3-4-6-18(16)20/h3-6,17,21H,2,7-15H2,1H3. The third-order valence-corrected chi connectivity index (χ3v) is 5.32. The van der Waals surface area contributed by atoms with E-state index in [2.05, 4.69) is 17.1 Å². The highest BCUT2D eigenvalue weighted by Gasteiger charge is 2.36. The van der Waals surface area contributed by atoms with Gasteiger partial charge in [-0.1, -0.05) is 25.1 Å². The van der Waals surface area contributed by atoms with Gasteiger partial charge >= 0.3 is 0 Å². The van der Waals surface area contributed by atoms with Crippen LogP contribution in [0.15, 0.2) is 24.3 Å². The molecule has 1 aliphatic heterocycles. The van der Waals surface area contributed by atoms with Gasteiger partial charge in [-0.2, -0.15) is 0 Å². The zero-order valence-electron chi connectivity index (χ0n) is 13.8. The molecule has 0 spiro atoms. The first-order valence-electron chi connectivity index (χ1n) is 8.90. The van der Waals surface area contributed by atoms with E-state index in [4.69, 9.17) is 0 Å². The Morgan fingerprint density at radius 3 is 2.59 bits per heavy atom. The lowest BCUT2D eigenvalue weighted by molar-refractivity contribution is 0.100. The maximum atomic E-state index is 14.1. The maximum Gasteiger partial charge on any atom is 0.126 e. The molecule has 1 heterocycles. The van der Waals surface area contributed by atoms with Crippen molar-refractivity contribution in [2.75, 3.05) is 26.2 Å². The van der Waals surface area contributed by atoms with Crippen LogP contribution < -0.4 is 5.32 Å². The van der Waals surface area contributed by atoms with Gasteiger partial charge in [-0.15, -0.1) is 0 Å². The summed E-state index contributed by atoms with van der Waals surface area (Å²) in [5.74, 6) is -0.0377. The predicted octanol–water partition coefficient (Wildman–Crippen LogP) is 3.61. The summed E-state index contributed by atoms with van der Waals surface area (Å²) < 4.78 is 14.1. The maximum absolute atomic E-state index is 14.1. The molecular formula is C19H29FN2. The zero-order valence-corrected chi connectivity index (χ0v) is 13.8.